The van der Waals surface area contributed by atoms with Gasteiger partial charge in [0.15, 0.2) is 11.9 Å². The van der Waals surface area contributed by atoms with Crippen LogP contribution in [0.15, 0.2) is 0 Å². The number of methoxy groups -OCH3 is 1. The van der Waals surface area contributed by atoms with Crippen molar-refractivity contribution in [2.75, 3.05) is 7.11 Å². The summed E-state index contributed by atoms with van der Waals surface area (Å²) in [4.78, 5) is 12.3. The van der Waals surface area contributed by atoms with Crippen molar-refractivity contribution in [3.05, 3.63) is 0 Å². The summed E-state index contributed by atoms with van der Waals surface area (Å²) in [6.45, 7) is 8.03. The van der Waals surface area contributed by atoms with Crippen LogP contribution in [0.1, 0.15) is 54.9 Å². The van der Waals surface area contributed by atoms with E-state index in [1.165, 1.54) is 27.7 Å². The molecule has 1 atom stereocenters. The third kappa shape index (κ3) is 5.07. The summed E-state index contributed by atoms with van der Waals surface area (Å²) in [5, 5.41) is 0. The second-order valence-electron chi connectivity index (χ2n) is 7.78. The lowest BCUT2D eigenvalue weighted by molar-refractivity contribution is -0.445. The number of hydrogen-bond acceptors (Lipinski definition) is 4. The Hall–Kier alpha value is -1.03. The molecule has 0 saturated heterocycles. The maximum atomic E-state index is 13.9. The molecule has 0 aliphatic rings. The zero-order valence-corrected chi connectivity index (χ0v) is 16.8. The molecule has 0 aliphatic carbocycles. The molecule has 4 nitrogen and oxygen atoms in total. The minimum absolute atomic E-state index is 0.153. The van der Waals surface area contributed by atoms with Gasteiger partial charge in [0.1, 0.15) is 0 Å². The highest BCUT2D eigenvalue weighted by atomic mass is 19.4. The van der Waals surface area contributed by atoms with Gasteiger partial charge in [-0.3, -0.25) is 4.79 Å². The lowest BCUT2D eigenvalue weighted by atomic mass is 9.82. The van der Waals surface area contributed by atoms with Crippen molar-refractivity contribution in [2.24, 2.45) is 11.3 Å². The van der Waals surface area contributed by atoms with Crippen LogP contribution in [0, 0.1) is 11.3 Å². The van der Waals surface area contributed by atoms with Crippen LogP contribution in [0.4, 0.5) is 26.3 Å². The second-order valence-corrected chi connectivity index (χ2v) is 7.78. The summed E-state index contributed by atoms with van der Waals surface area (Å²) in [7, 11) is 0.932. The summed E-state index contributed by atoms with van der Waals surface area (Å²) in [6.07, 6.45) is -13.6. The van der Waals surface area contributed by atoms with Gasteiger partial charge in [0.2, 0.25) is 0 Å². The third-order valence-electron chi connectivity index (χ3n) is 4.50. The second kappa shape index (κ2) is 8.14. The van der Waals surface area contributed by atoms with E-state index in [2.05, 4.69) is 9.47 Å². The van der Waals surface area contributed by atoms with Crippen molar-refractivity contribution in [3.8, 4) is 0 Å². The van der Waals surface area contributed by atoms with Crippen molar-refractivity contribution in [1.29, 1.82) is 0 Å². The van der Waals surface area contributed by atoms with Crippen LogP contribution in [0.3, 0.4) is 0 Å². The van der Waals surface area contributed by atoms with Crippen molar-refractivity contribution in [3.63, 3.8) is 0 Å². The first-order valence-electron chi connectivity index (χ1n) is 8.38. The standard InChI is InChI=1S/C17H28F6O4/c1-9-13(4,5)12(24)27-14(6,7)15(16(18,19)20,17(21,22)23)26-11(25-8)10(2)3/h10-11H,9H2,1-8H3. The number of halogens is 6. The molecular weight excluding hydrogens is 382 g/mol. The fraction of sp³-hybridized carbons (Fsp3) is 0.941. The lowest BCUT2D eigenvalue weighted by Crippen LogP contribution is -2.72. The van der Waals surface area contributed by atoms with Gasteiger partial charge in [-0.25, -0.2) is 0 Å². The monoisotopic (exact) mass is 410 g/mol. The van der Waals surface area contributed by atoms with Gasteiger partial charge in [0, 0.05) is 13.0 Å². The molecule has 27 heavy (non-hydrogen) atoms. The SMILES string of the molecule is CCC(C)(C)C(=O)OC(C)(C)C(OC(OC)C(C)C)(C(F)(F)F)C(F)(F)F. The summed E-state index contributed by atoms with van der Waals surface area (Å²) in [5.41, 5.74) is -9.20. The first-order valence-corrected chi connectivity index (χ1v) is 8.38. The van der Waals surface area contributed by atoms with E-state index in [0.29, 0.717) is 13.8 Å². The molecule has 0 heterocycles. The van der Waals surface area contributed by atoms with Crippen LogP contribution in [0.2, 0.25) is 0 Å². The highest BCUT2D eigenvalue weighted by molar-refractivity contribution is 5.76. The Balaban J connectivity index is 6.51. The van der Waals surface area contributed by atoms with E-state index < -0.39 is 47.1 Å². The molecule has 0 N–H and O–H groups in total. The van der Waals surface area contributed by atoms with Crippen molar-refractivity contribution in [1.82, 2.24) is 0 Å². The fourth-order valence-corrected chi connectivity index (χ4v) is 2.34. The fourth-order valence-electron chi connectivity index (χ4n) is 2.34. The van der Waals surface area contributed by atoms with Crippen LogP contribution < -0.4 is 0 Å². The van der Waals surface area contributed by atoms with E-state index in [-0.39, 0.29) is 6.42 Å². The number of rotatable bonds is 8. The maximum absolute atomic E-state index is 13.9. The topological polar surface area (TPSA) is 44.8 Å². The Kier molecular flexibility index (Phi) is 7.83. The van der Waals surface area contributed by atoms with Crippen molar-refractivity contribution >= 4 is 5.97 Å². The molecule has 0 amide bonds. The smallest absolute Gasteiger partial charge is 0.430 e. The molecule has 0 aliphatic heterocycles. The summed E-state index contributed by atoms with van der Waals surface area (Å²) in [5.74, 6) is -2.03. The first-order chi connectivity index (χ1) is 11.8. The van der Waals surface area contributed by atoms with E-state index in [0.717, 1.165) is 7.11 Å². The van der Waals surface area contributed by atoms with Crippen molar-refractivity contribution < 1.29 is 45.3 Å². The zero-order valence-electron chi connectivity index (χ0n) is 16.8. The molecule has 10 heteroatoms. The average Bonchev–Trinajstić information content (AvgIpc) is 2.43. The van der Waals surface area contributed by atoms with E-state index in [1.54, 1.807) is 6.92 Å². The van der Waals surface area contributed by atoms with E-state index >= 15 is 0 Å². The van der Waals surface area contributed by atoms with Gasteiger partial charge < -0.3 is 14.2 Å². The summed E-state index contributed by atoms with van der Waals surface area (Å²) < 4.78 is 97.2. The molecule has 0 saturated carbocycles. The quantitative estimate of drug-likeness (QED) is 0.311. The van der Waals surface area contributed by atoms with Gasteiger partial charge in [-0.05, 0) is 34.1 Å². The average molecular weight is 410 g/mol. The number of hydrogen-bond donors (Lipinski definition) is 0. The number of carbonyl (C=O) groups excluding carboxylic acids is 1. The van der Waals surface area contributed by atoms with Crippen LogP contribution in [-0.4, -0.2) is 42.9 Å². The first kappa shape index (κ1) is 26.0. The maximum Gasteiger partial charge on any atom is 0.430 e. The van der Waals surface area contributed by atoms with E-state index in [4.69, 9.17) is 4.74 Å². The molecule has 1 unspecified atom stereocenters. The number of ether oxygens (including phenoxy) is 3. The molecule has 0 radical (unpaired) electrons. The molecular formula is C17H28F6O4. The van der Waals surface area contributed by atoms with E-state index in [1.807, 2.05) is 0 Å². The Bertz CT molecular complexity index is 495. The number of alkyl halides is 6. The van der Waals surface area contributed by atoms with E-state index in [9.17, 15) is 31.1 Å². The lowest BCUT2D eigenvalue weighted by Gasteiger charge is -2.48. The third-order valence-corrected chi connectivity index (χ3v) is 4.50. The normalized spacial score (nSPS) is 15.8. The number of carbonyl (C=O) groups is 1. The van der Waals surface area contributed by atoms with Crippen LogP contribution in [0.5, 0.6) is 0 Å². The van der Waals surface area contributed by atoms with Crippen molar-refractivity contribution in [2.45, 2.75) is 84.7 Å². The van der Waals surface area contributed by atoms with Crippen LogP contribution in [-0.2, 0) is 19.0 Å². The van der Waals surface area contributed by atoms with Crippen LogP contribution >= 0.6 is 0 Å². The van der Waals surface area contributed by atoms with Gasteiger partial charge >= 0.3 is 23.9 Å². The Labute approximate surface area is 155 Å². The van der Waals surface area contributed by atoms with Gasteiger partial charge in [-0.15, -0.1) is 0 Å². The zero-order chi connectivity index (χ0) is 22.1. The number of esters is 1. The molecule has 0 rings (SSSR count). The molecule has 0 bridgehead atoms. The molecule has 0 aromatic rings. The summed E-state index contributed by atoms with van der Waals surface area (Å²) >= 11 is 0. The molecule has 0 spiro atoms. The van der Waals surface area contributed by atoms with Gasteiger partial charge in [0.05, 0.1) is 5.41 Å². The van der Waals surface area contributed by atoms with Gasteiger partial charge in [0.25, 0.3) is 0 Å². The van der Waals surface area contributed by atoms with Gasteiger partial charge in [-0.1, -0.05) is 20.8 Å². The molecule has 0 aromatic carbocycles. The Morgan fingerprint density at radius 2 is 1.33 bits per heavy atom. The Morgan fingerprint density at radius 3 is 1.59 bits per heavy atom. The minimum Gasteiger partial charge on any atom is -0.455 e. The molecule has 0 aromatic heterocycles. The highest BCUT2D eigenvalue weighted by Gasteiger charge is 2.81. The molecule has 0 fully saturated rings. The summed E-state index contributed by atoms with van der Waals surface area (Å²) in [6, 6.07) is 0. The predicted octanol–water partition coefficient (Wildman–Crippen LogP) is 5.25. The van der Waals surface area contributed by atoms with Crippen LogP contribution in [0.25, 0.3) is 0 Å². The Morgan fingerprint density at radius 1 is 0.926 bits per heavy atom. The largest absolute Gasteiger partial charge is 0.455 e. The highest BCUT2D eigenvalue weighted by Crippen LogP contribution is 2.54. The predicted molar refractivity (Wildman–Crippen MR) is 85.8 cm³/mol. The van der Waals surface area contributed by atoms with Gasteiger partial charge in [-0.2, -0.15) is 26.3 Å². The molecule has 162 valence electrons. The minimum atomic E-state index is -5.95.